The molecule has 1 aliphatic carbocycles. The van der Waals surface area contributed by atoms with Crippen LogP contribution < -0.4 is 0 Å². The number of esters is 1. The molecular weight excluding hydrogens is 353 g/mol. The van der Waals surface area contributed by atoms with Gasteiger partial charge in [-0.3, -0.25) is 4.79 Å². The Balaban J connectivity index is 1.59. The number of hydrogen-bond donors (Lipinski definition) is 1. The van der Waals surface area contributed by atoms with Crippen molar-refractivity contribution in [1.29, 1.82) is 0 Å². The van der Waals surface area contributed by atoms with E-state index in [4.69, 9.17) is 16.8 Å². The van der Waals surface area contributed by atoms with Gasteiger partial charge in [-0.25, -0.2) is 0 Å². The van der Waals surface area contributed by atoms with E-state index < -0.39 is 13.8 Å². The van der Waals surface area contributed by atoms with Crippen LogP contribution in [0.15, 0.2) is 42.5 Å². The minimum atomic E-state index is -1.05. The molecule has 25 heavy (non-hydrogen) atoms. The van der Waals surface area contributed by atoms with Crippen molar-refractivity contribution in [2.24, 2.45) is 11.8 Å². The fourth-order valence-electron chi connectivity index (χ4n) is 3.75. The van der Waals surface area contributed by atoms with Crippen LogP contribution in [-0.2, 0) is 20.5 Å². The molecule has 1 saturated heterocycles. The van der Waals surface area contributed by atoms with Gasteiger partial charge >= 0.3 is 5.97 Å². The zero-order valence-electron chi connectivity index (χ0n) is 14.0. The number of carbonyl (C=O) groups excluding carboxylic acids is 1. The predicted octanol–water partition coefficient (Wildman–Crippen LogP) is 3.14. The second-order valence-corrected chi connectivity index (χ2v) is 9.15. The van der Waals surface area contributed by atoms with Crippen molar-refractivity contribution in [3.63, 3.8) is 0 Å². The number of carbonyl (C=O) groups is 1. The van der Waals surface area contributed by atoms with Crippen molar-refractivity contribution in [2.75, 3.05) is 0 Å². The Labute approximate surface area is 153 Å². The minimum absolute atomic E-state index is 0.0527. The summed E-state index contributed by atoms with van der Waals surface area (Å²) in [6.07, 6.45) is 5.73. The lowest BCUT2D eigenvalue weighted by Gasteiger charge is -2.22. The van der Waals surface area contributed by atoms with Crippen LogP contribution in [0, 0.1) is 11.8 Å². The van der Waals surface area contributed by atoms with Gasteiger partial charge in [0.1, 0.15) is 6.10 Å². The summed E-state index contributed by atoms with van der Waals surface area (Å²) in [6, 6.07) is 10.1. The Morgan fingerprint density at radius 2 is 2.20 bits per heavy atom. The molecule has 7 heteroatoms. The van der Waals surface area contributed by atoms with Crippen molar-refractivity contribution in [2.45, 2.75) is 44.0 Å². The lowest BCUT2D eigenvalue weighted by Crippen LogP contribution is -2.20. The third-order valence-corrected chi connectivity index (χ3v) is 5.81. The molecule has 3 rings (SSSR count). The van der Waals surface area contributed by atoms with Crippen molar-refractivity contribution >= 4 is 30.2 Å². The van der Waals surface area contributed by atoms with E-state index in [2.05, 4.69) is 21.1 Å². The van der Waals surface area contributed by atoms with Gasteiger partial charge < -0.3 is 14.4 Å². The summed E-state index contributed by atoms with van der Waals surface area (Å²) in [5, 5.41) is 10.3. The quantitative estimate of drug-likeness (QED) is 0.344. The van der Waals surface area contributed by atoms with Crippen molar-refractivity contribution < 1.29 is 19.2 Å². The lowest BCUT2D eigenvalue weighted by atomic mass is 9.91. The summed E-state index contributed by atoms with van der Waals surface area (Å²) in [5.74, 6) is 0.0318. The van der Waals surface area contributed by atoms with E-state index in [0.717, 1.165) is 6.42 Å². The molecule has 132 valence electrons. The Kier molecular flexibility index (Phi) is 6.69. The SMILES string of the molecule is [B]P(P)O[C@@H]1C[C@@H]2OC(=O)C[C@@H]2[C@H]1C=C[C@@H](O)CCc1ccccc1. The fourth-order valence-corrected chi connectivity index (χ4v) is 4.75. The van der Waals surface area contributed by atoms with E-state index >= 15 is 0 Å². The number of ether oxygens (including phenoxy) is 1. The topological polar surface area (TPSA) is 55.8 Å². The van der Waals surface area contributed by atoms with Gasteiger partial charge in [-0.2, -0.15) is 0 Å². The Hall–Kier alpha value is -0.725. The number of aliphatic hydroxyl groups is 1. The second kappa shape index (κ2) is 8.78. The summed E-state index contributed by atoms with van der Waals surface area (Å²) in [4.78, 5) is 11.6. The maximum atomic E-state index is 11.6. The third-order valence-electron chi connectivity index (χ3n) is 4.94. The summed E-state index contributed by atoms with van der Waals surface area (Å²) in [6.45, 7) is 0. The first kappa shape index (κ1) is 19.0. The molecule has 0 bridgehead atoms. The van der Waals surface area contributed by atoms with E-state index in [9.17, 15) is 9.90 Å². The average molecular weight is 376 g/mol. The molecule has 0 aromatic heterocycles. The molecule has 7 atom stereocenters. The van der Waals surface area contributed by atoms with E-state index in [1.54, 1.807) is 0 Å². The van der Waals surface area contributed by atoms with Gasteiger partial charge in [-0.1, -0.05) is 51.4 Å². The van der Waals surface area contributed by atoms with Gasteiger partial charge in [0.2, 0.25) is 0 Å². The van der Waals surface area contributed by atoms with Crippen LogP contribution in [0.3, 0.4) is 0 Å². The van der Waals surface area contributed by atoms with Gasteiger partial charge in [0.25, 0.3) is 0 Å². The lowest BCUT2D eigenvalue weighted by molar-refractivity contribution is -0.141. The predicted molar refractivity (Wildman–Crippen MR) is 103 cm³/mol. The first-order valence-corrected chi connectivity index (χ1v) is 11.5. The largest absolute Gasteiger partial charge is 0.462 e. The molecule has 1 N–H and O–H groups in total. The molecule has 4 nitrogen and oxygen atoms in total. The fraction of sp³-hybridized carbons (Fsp3) is 0.500. The van der Waals surface area contributed by atoms with Crippen LogP contribution in [0.2, 0.25) is 0 Å². The monoisotopic (exact) mass is 376 g/mol. The normalized spacial score (nSPS) is 31.0. The highest BCUT2D eigenvalue weighted by Crippen LogP contribution is 2.50. The molecule has 2 fully saturated rings. The standard InChI is InChI=1S/C18H23BO4P2/c19-25(24)23-17-11-16-15(10-18(21)22-16)14(17)9-8-13(20)7-6-12-4-2-1-3-5-12/h1-5,8-9,13-17,20H,6-7,10-11,24H2/t13-,14+,15+,16-,17+,25?/m0/s1. The highest BCUT2D eigenvalue weighted by molar-refractivity contribution is 8.23. The molecule has 1 aromatic carbocycles. The highest BCUT2D eigenvalue weighted by Gasteiger charge is 2.49. The number of rotatable bonds is 7. The van der Waals surface area contributed by atoms with E-state index in [0.29, 0.717) is 19.3 Å². The summed E-state index contributed by atoms with van der Waals surface area (Å²) in [7, 11) is 7.24. The zero-order valence-corrected chi connectivity index (χ0v) is 16.1. The first-order valence-electron chi connectivity index (χ1n) is 8.59. The van der Waals surface area contributed by atoms with Crippen LogP contribution in [0.1, 0.15) is 24.8 Å². The van der Waals surface area contributed by atoms with Gasteiger partial charge in [0.15, 0.2) is 7.57 Å². The Morgan fingerprint density at radius 1 is 1.44 bits per heavy atom. The highest BCUT2D eigenvalue weighted by atomic mass is 32.0. The summed E-state index contributed by atoms with van der Waals surface area (Å²) in [5.41, 5.74) is 1.21. The van der Waals surface area contributed by atoms with Gasteiger partial charge in [0.05, 0.1) is 18.6 Å². The van der Waals surface area contributed by atoms with Crippen LogP contribution in [0.5, 0.6) is 0 Å². The maximum Gasteiger partial charge on any atom is 0.306 e. The van der Waals surface area contributed by atoms with Crippen LogP contribution in [0.25, 0.3) is 0 Å². The Bertz CT molecular complexity index is 610. The number of aliphatic hydroxyl groups excluding tert-OH is 1. The number of fused-ring (bicyclic) bond motifs is 1. The molecule has 0 spiro atoms. The molecular formula is C18H23BO4P2. The molecule has 2 radical (unpaired) electrons. The van der Waals surface area contributed by atoms with Crippen molar-refractivity contribution in [3.8, 4) is 0 Å². The van der Waals surface area contributed by atoms with Gasteiger partial charge in [-0.15, -0.1) is 0 Å². The van der Waals surface area contributed by atoms with Gasteiger partial charge in [-0.05, 0) is 26.1 Å². The van der Waals surface area contributed by atoms with Crippen molar-refractivity contribution in [3.05, 3.63) is 48.0 Å². The molecule has 0 amide bonds. The van der Waals surface area contributed by atoms with Crippen LogP contribution >= 0.6 is 16.6 Å². The molecule has 1 saturated carbocycles. The maximum absolute atomic E-state index is 11.6. The van der Waals surface area contributed by atoms with Crippen molar-refractivity contribution in [1.82, 2.24) is 0 Å². The Morgan fingerprint density at radius 3 is 2.92 bits per heavy atom. The van der Waals surface area contributed by atoms with E-state index in [-0.39, 0.29) is 30.0 Å². The van der Waals surface area contributed by atoms with E-state index in [1.165, 1.54) is 5.56 Å². The molecule has 2 aliphatic rings. The number of benzene rings is 1. The van der Waals surface area contributed by atoms with E-state index in [1.807, 2.05) is 30.4 Å². The van der Waals surface area contributed by atoms with Gasteiger partial charge in [0, 0.05) is 18.3 Å². The summed E-state index contributed by atoms with van der Waals surface area (Å²) >= 11 is 0. The second-order valence-electron chi connectivity index (χ2n) is 6.69. The number of aryl methyl sites for hydroxylation is 1. The third kappa shape index (κ3) is 5.14. The minimum Gasteiger partial charge on any atom is -0.462 e. The summed E-state index contributed by atoms with van der Waals surface area (Å²) < 4.78 is 11.2. The van der Waals surface area contributed by atoms with Crippen LogP contribution in [0.4, 0.5) is 0 Å². The number of hydrogen-bond acceptors (Lipinski definition) is 4. The molecule has 1 aliphatic heterocycles. The molecule has 1 heterocycles. The zero-order chi connectivity index (χ0) is 17.8. The molecule has 2 unspecified atom stereocenters. The molecule has 1 aromatic rings. The van der Waals surface area contributed by atoms with Crippen LogP contribution in [-0.4, -0.2) is 37.0 Å². The smallest absolute Gasteiger partial charge is 0.306 e. The average Bonchev–Trinajstić information content (AvgIpc) is 3.07. The first-order chi connectivity index (χ1) is 12.0.